The maximum Gasteiger partial charge on any atom is 0.193 e. The minimum atomic E-state index is 0.221. The van der Waals surface area contributed by atoms with E-state index in [0.29, 0.717) is 5.22 Å². The van der Waals surface area contributed by atoms with Crippen molar-refractivity contribution in [3.8, 4) is 0 Å². The molecule has 0 saturated carbocycles. The van der Waals surface area contributed by atoms with Crippen molar-refractivity contribution in [3.63, 3.8) is 0 Å². The highest BCUT2D eigenvalue weighted by Gasteiger charge is 2.12. The first-order chi connectivity index (χ1) is 6.63. The molecular weight excluding hydrogens is 198 g/mol. The third-order valence-electron chi connectivity index (χ3n) is 2.15. The Morgan fingerprint density at radius 3 is 2.79 bits per heavy atom. The lowest BCUT2D eigenvalue weighted by molar-refractivity contribution is 0.415. The van der Waals surface area contributed by atoms with Crippen molar-refractivity contribution in [1.29, 1.82) is 0 Å². The predicted molar refractivity (Wildman–Crippen MR) is 59.6 cm³/mol. The smallest absolute Gasteiger partial charge is 0.193 e. The highest BCUT2D eigenvalue weighted by molar-refractivity contribution is 6.28. The first-order valence-electron chi connectivity index (χ1n) is 4.70. The Labute approximate surface area is 89.9 Å². The van der Waals surface area contributed by atoms with Crippen LogP contribution >= 0.6 is 11.6 Å². The summed E-state index contributed by atoms with van der Waals surface area (Å²) in [5.74, 6) is 0.888. The third kappa shape index (κ3) is 3.20. The lowest BCUT2D eigenvalue weighted by Crippen LogP contribution is -2.15. The van der Waals surface area contributed by atoms with E-state index in [0.717, 1.165) is 18.6 Å². The predicted octanol–water partition coefficient (Wildman–Crippen LogP) is 3.55. The maximum atomic E-state index is 5.71. The van der Waals surface area contributed by atoms with Gasteiger partial charge in [-0.3, -0.25) is 0 Å². The van der Waals surface area contributed by atoms with E-state index in [9.17, 15) is 0 Å². The van der Waals surface area contributed by atoms with Crippen LogP contribution in [0.5, 0.6) is 0 Å². The topological polar surface area (TPSA) is 25.2 Å². The van der Waals surface area contributed by atoms with Crippen LogP contribution in [0.4, 0.5) is 0 Å². The van der Waals surface area contributed by atoms with Gasteiger partial charge in [-0.05, 0) is 50.5 Å². The molecule has 3 heteroatoms. The number of nitrogens with one attached hydrogen (secondary N) is 1. The van der Waals surface area contributed by atoms with Crippen molar-refractivity contribution in [1.82, 2.24) is 5.32 Å². The molecule has 0 saturated heterocycles. The van der Waals surface area contributed by atoms with Crippen LogP contribution in [0.3, 0.4) is 0 Å². The van der Waals surface area contributed by atoms with Gasteiger partial charge in [0.05, 0.1) is 6.04 Å². The van der Waals surface area contributed by atoms with Crippen molar-refractivity contribution in [2.45, 2.75) is 25.8 Å². The Kier molecular flexibility index (Phi) is 4.23. The van der Waals surface area contributed by atoms with Gasteiger partial charge < -0.3 is 9.73 Å². The Balaban J connectivity index is 2.58. The largest absolute Gasteiger partial charge is 0.448 e. The van der Waals surface area contributed by atoms with E-state index >= 15 is 0 Å². The number of allylic oxidation sites excluding steroid dienone is 1. The summed E-state index contributed by atoms with van der Waals surface area (Å²) in [5.41, 5.74) is 1.18. The third-order valence-corrected chi connectivity index (χ3v) is 2.35. The zero-order valence-electron chi connectivity index (χ0n) is 8.64. The molecule has 1 unspecified atom stereocenters. The first kappa shape index (κ1) is 11.3. The molecule has 1 atom stereocenters. The number of hydrogen-bond donors (Lipinski definition) is 1. The van der Waals surface area contributed by atoms with Crippen molar-refractivity contribution < 1.29 is 4.42 Å². The van der Waals surface area contributed by atoms with Crippen LogP contribution in [-0.2, 0) is 0 Å². The lowest BCUT2D eigenvalue weighted by Gasteiger charge is -2.12. The molecule has 0 aromatic carbocycles. The van der Waals surface area contributed by atoms with Crippen LogP contribution in [0.2, 0.25) is 5.22 Å². The summed E-state index contributed by atoms with van der Waals surface area (Å²) < 4.78 is 5.34. The van der Waals surface area contributed by atoms with Crippen LogP contribution in [0.25, 0.3) is 0 Å². The van der Waals surface area contributed by atoms with E-state index in [2.05, 4.69) is 11.9 Å². The van der Waals surface area contributed by atoms with Gasteiger partial charge in [0.25, 0.3) is 0 Å². The van der Waals surface area contributed by atoms with Gasteiger partial charge in [-0.15, -0.1) is 6.58 Å². The van der Waals surface area contributed by atoms with Crippen LogP contribution in [0.15, 0.2) is 28.7 Å². The van der Waals surface area contributed by atoms with E-state index in [1.165, 1.54) is 5.57 Å². The average molecular weight is 214 g/mol. The summed E-state index contributed by atoms with van der Waals surface area (Å²) in [6.45, 7) is 5.91. The van der Waals surface area contributed by atoms with Gasteiger partial charge >= 0.3 is 0 Å². The van der Waals surface area contributed by atoms with E-state index in [4.69, 9.17) is 16.0 Å². The Hall–Kier alpha value is -0.730. The summed E-state index contributed by atoms with van der Waals surface area (Å²) in [6, 6.07) is 3.89. The zero-order valence-corrected chi connectivity index (χ0v) is 9.40. The van der Waals surface area contributed by atoms with Crippen LogP contribution < -0.4 is 5.32 Å². The summed E-state index contributed by atoms with van der Waals surface area (Å²) in [6.07, 6.45) is 1.97. The average Bonchev–Trinajstić information content (AvgIpc) is 2.53. The normalized spacial score (nSPS) is 12.8. The highest BCUT2D eigenvalue weighted by atomic mass is 35.5. The Morgan fingerprint density at radius 1 is 1.64 bits per heavy atom. The van der Waals surface area contributed by atoms with Gasteiger partial charge in [-0.25, -0.2) is 0 Å². The first-order valence-corrected chi connectivity index (χ1v) is 5.08. The maximum absolute atomic E-state index is 5.71. The number of rotatable bonds is 5. The fraction of sp³-hybridized carbons (Fsp3) is 0.455. The van der Waals surface area contributed by atoms with Gasteiger partial charge in [0.15, 0.2) is 5.22 Å². The molecule has 1 N–H and O–H groups in total. The molecule has 0 radical (unpaired) electrons. The SMILES string of the molecule is C=C(C)CCC(NC)c1ccc(Cl)o1. The molecule has 0 spiro atoms. The standard InChI is InChI=1S/C11H16ClNO/c1-8(2)4-5-9(13-3)10-6-7-11(12)14-10/h6-7,9,13H,1,4-5H2,2-3H3. The van der Waals surface area contributed by atoms with Gasteiger partial charge in [-0.2, -0.15) is 0 Å². The zero-order chi connectivity index (χ0) is 10.6. The van der Waals surface area contributed by atoms with Gasteiger partial charge in [0, 0.05) is 0 Å². The molecule has 0 aliphatic heterocycles. The molecule has 14 heavy (non-hydrogen) atoms. The van der Waals surface area contributed by atoms with Gasteiger partial charge in [0.1, 0.15) is 5.76 Å². The molecule has 0 amide bonds. The molecule has 0 aliphatic rings. The number of hydrogen-bond acceptors (Lipinski definition) is 2. The minimum Gasteiger partial charge on any atom is -0.448 e. The second-order valence-corrected chi connectivity index (χ2v) is 3.85. The van der Waals surface area contributed by atoms with Crippen molar-refractivity contribution in [2.75, 3.05) is 7.05 Å². The molecular formula is C11H16ClNO. The van der Waals surface area contributed by atoms with Gasteiger partial charge in [-0.1, -0.05) is 5.57 Å². The quantitative estimate of drug-likeness (QED) is 0.757. The lowest BCUT2D eigenvalue weighted by atomic mass is 10.1. The molecule has 1 aromatic heterocycles. The molecule has 1 aromatic rings. The minimum absolute atomic E-state index is 0.221. The molecule has 1 rings (SSSR count). The second kappa shape index (κ2) is 5.23. The Bertz CT molecular complexity index is 306. The summed E-state index contributed by atoms with van der Waals surface area (Å²) in [7, 11) is 1.92. The van der Waals surface area contributed by atoms with Crippen LogP contribution in [0.1, 0.15) is 31.6 Å². The summed E-state index contributed by atoms with van der Waals surface area (Å²) in [4.78, 5) is 0. The van der Waals surface area contributed by atoms with Crippen LogP contribution in [-0.4, -0.2) is 7.05 Å². The molecule has 2 nitrogen and oxygen atoms in total. The van der Waals surface area contributed by atoms with E-state index in [-0.39, 0.29) is 6.04 Å². The van der Waals surface area contributed by atoms with Crippen molar-refractivity contribution in [3.05, 3.63) is 35.3 Å². The van der Waals surface area contributed by atoms with Crippen molar-refractivity contribution >= 4 is 11.6 Å². The molecule has 0 bridgehead atoms. The summed E-state index contributed by atoms with van der Waals surface area (Å²) in [5, 5.41) is 3.63. The van der Waals surface area contributed by atoms with E-state index in [1.54, 1.807) is 6.07 Å². The fourth-order valence-electron chi connectivity index (χ4n) is 1.34. The Morgan fingerprint density at radius 2 is 2.36 bits per heavy atom. The van der Waals surface area contributed by atoms with Gasteiger partial charge in [0.2, 0.25) is 0 Å². The monoisotopic (exact) mass is 213 g/mol. The fourth-order valence-corrected chi connectivity index (χ4v) is 1.49. The molecule has 78 valence electrons. The van der Waals surface area contributed by atoms with E-state index < -0.39 is 0 Å². The van der Waals surface area contributed by atoms with E-state index in [1.807, 2.05) is 20.0 Å². The highest BCUT2D eigenvalue weighted by Crippen LogP contribution is 2.24. The molecule has 1 heterocycles. The number of halogens is 1. The molecule has 0 fully saturated rings. The second-order valence-electron chi connectivity index (χ2n) is 3.48. The summed E-state index contributed by atoms with van der Waals surface area (Å²) >= 11 is 5.71. The van der Waals surface area contributed by atoms with Crippen molar-refractivity contribution in [2.24, 2.45) is 0 Å². The van der Waals surface area contributed by atoms with Crippen LogP contribution in [0, 0.1) is 0 Å². The number of furan rings is 1. The molecule has 0 aliphatic carbocycles.